The summed E-state index contributed by atoms with van der Waals surface area (Å²) in [7, 11) is 0. The van der Waals surface area contributed by atoms with Crippen LogP contribution in [0, 0.1) is 62.1 Å². The maximum absolute atomic E-state index is 11.8. The molecule has 76 heavy (non-hydrogen) atoms. The minimum Gasteiger partial charge on any atom is -0.332 e. The van der Waals surface area contributed by atoms with Crippen LogP contribution in [-0.2, 0) is 4.79 Å². The molecule has 2 saturated heterocycles. The van der Waals surface area contributed by atoms with Gasteiger partial charge in [-0.15, -0.1) is 12.8 Å². The van der Waals surface area contributed by atoms with Crippen molar-refractivity contribution in [1.29, 1.82) is 0 Å². The molecule has 0 aromatic heterocycles. The van der Waals surface area contributed by atoms with E-state index in [1.807, 2.05) is 11.8 Å². The topological polar surface area (TPSA) is 58.2 Å². The molecule has 10 aliphatic carbocycles. The standard InChI is InChI=1S/C54H92.C14H22N2O2S.C2H2.CH4/c1-2-4-6-8-13-17-22-30-48(29-21-16-12-7-5-3-1)35-50(36-48)39-52(40-50)43-54(44-52)45-53(46-54)41-51(42-53)37-49(38-51)31-23-18-14-10-9-11-15-20-27-47(33-26-34-47)28-24-19-25-32-49;17-11(9-4-3-5-9)6-1-2-7-12-13-10(8-19-12)15-14(18)16-13;1-2;/h1-46H2;9-10,12-13H,1-8H2,(H2,15,16,18);1-2H;1H4/t;10?,12-,13?;;/m.1../s1. The monoisotopic (exact) mass is 1060 g/mol. The zero-order valence-electron chi connectivity index (χ0n) is 48.9. The summed E-state index contributed by atoms with van der Waals surface area (Å²) in [6.07, 6.45) is 88.0. The van der Waals surface area contributed by atoms with Gasteiger partial charge >= 0.3 is 6.03 Å². The largest absolute Gasteiger partial charge is 0.332 e. The molecule has 5 heteroatoms. The fraction of sp³-hybridized carbons (Fsp3) is 0.944. The Balaban J connectivity index is 0.000000269. The molecule has 0 bridgehead atoms. The number of hydrogen-bond acceptors (Lipinski definition) is 3. The van der Waals surface area contributed by atoms with Gasteiger partial charge in [-0.25, -0.2) is 4.79 Å². The highest BCUT2D eigenvalue weighted by Crippen LogP contribution is 2.87. The highest BCUT2D eigenvalue weighted by molar-refractivity contribution is 8.00. The highest BCUT2D eigenvalue weighted by atomic mass is 32.2. The molecule has 0 radical (unpaired) electrons. The van der Waals surface area contributed by atoms with Gasteiger partial charge in [0.25, 0.3) is 0 Å². The Labute approximate surface area is 474 Å². The van der Waals surface area contributed by atoms with Gasteiger partial charge in [-0.1, -0.05) is 187 Å². The first-order chi connectivity index (χ1) is 36.6. The summed E-state index contributed by atoms with van der Waals surface area (Å²) in [5.41, 5.74) is 6.51. The number of carbonyl (C=O) groups is 2. The van der Waals surface area contributed by atoms with E-state index in [1.165, 1.54) is 135 Å². The van der Waals surface area contributed by atoms with Crippen LogP contribution < -0.4 is 10.6 Å². The Bertz CT molecular complexity index is 1790. The lowest BCUT2D eigenvalue weighted by Gasteiger charge is -2.81. The minimum atomic E-state index is -0.0135. The second kappa shape index (κ2) is 26.4. The first kappa shape index (κ1) is 59.5. The molecule has 12 fully saturated rings. The number of terminal acetylenes is 1. The van der Waals surface area contributed by atoms with E-state index in [-0.39, 0.29) is 13.5 Å². The van der Waals surface area contributed by atoms with Gasteiger partial charge in [-0.05, 0) is 197 Å². The molecule has 4 nitrogen and oxygen atoms in total. The van der Waals surface area contributed by atoms with Crippen molar-refractivity contribution in [3.05, 3.63) is 0 Å². The number of nitrogens with one attached hydrogen (secondary N) is 2. The van der Waals surface area contributed by atoms with E-state index >= 15 is 0 Å². The molecule has 0 aromatic rings. The summed E-state index contributed by atoms with van der Waals surface area (Å²) in [4.78, 5) is 23.0. The van der Waals surface area contributed by atoms with E-state index in [4.69, 9.17) is 0 Å². The average molecular weight is 1070 g/mol. The number of fused-ring (bicyclic) bond motifs is 1. The fourth-order valence-corrected chi connectivity index (χ4v) is 23.9. The minimum absolute atomic E-state index is 0. The molecule has 2 aliphatic heterocycles. The number of carbonyl (C=O) groups excluding carboxylic acids is 2. The predicted octanol–water partition coefficient (Wildman–Crippen LogP) is 20.9. The SMILES string of the molecule is C.C#C.C1CCCCCCCCC2(CCCCCCC1)CC1(C2)CC2(C1)CC1(C2)CC2(CC3(CC4(CCCCCCCCCCC5(CCCCC4)CCC5)C3)C2)C1.O=C1NC2CS[C@H](CCCCC(=O)C3CCC3)C2N1. The second-order valence-corrected chi connectivity index (χ2v) is 32.5. The third kappa shape index (κ3) is 14.2. The highest BCUT2D eigenvalue weighted by Gasteiger charge is 2.76. The Morgan fingerprint density at radius 3 is 1.05 bits per heavy atom. The van der Waals surface area contributed by atoms with Gasteiger partial charge < -0.3 is 10.6 Å². The van der Waals surface area contributed by atoms with Crippen molar-refractivity contribution in [2.45, 2.75) is 365 Å². The molecule has 8 spiro atoms. The van der Waals surface area contributed by atoms with Crippen LogP contribution in [0.1, 0.15) is 348 Å². The zero-order valence-corrected chi connectivity index (χ0v) is 49.7. The lowest BCUT2D eigenvalue weighted by molar-refractivity contribution is -0.309. The van der Waals surface area contributed by atoms with Crippen LogP contribution in [0.5, 0.6) is 0 Å². The van der Waals surface area contributed by atoms with E-state index in [9.17, 15) is 9.59 Å². The molecular formula is C71H120N2O2S. The van der Waals surface area contributed by atoms with E-state index in [0.29, 0.717) is 29.0 Å². The van der Waals surface area contributed by atoms with Crippen LogP contribution in [0.4, 0.5) is 4.79 Å². The average Bonchev–Trinajstić information content (AvgIpc) is 3.87. The van der Waals surface area contributed by atoms with Crippen molar-refractivity contribution in [3.8, 4) is 12.8 Å². The number of amides is 2. The van der Waals surface area contributed by atoms with E-state index in [2.05, 4.69) is 23.5 Å². The van der Waals surface area contributed by atoms with Crippen LogP contribution in [-0.4, -0.2) is 34.9 Å². The van der Waals surface area contributed by atoms with Crippen LogP contribution in [0.2, 0.25) is 0 Å². The van der Waals surface area contributed by atoms with Crippen LogP contribution in [0.3, 0.4) is 0 Å². The van der Waals surface area contributed by atoms with Gasteiger partial charge in [0.1, 0.15) is 5.78 Å². The summed E-state index contributed by atoms with van der Waals surface area (Å²) < 4.78 is 0. The molecule has 3 atom stereocenters. The summed E-state index contributed by atoms with van der Waals surface area (Å²) in [5.74, 6) is 1.90. The molecule has 432 valence electrons. The van der Waals surface area contributed by atoms with Crippen molar-refractivity contribution in [1.82, 2.24) is 10.6 Å². The van der Waals surface area contributed by atoms with Crippen LogP contribution >= 0.6 is 11.8 Å². The summed E-state index contributed by atoms with van der Waals surface area (Å²) in [5, 5.41) is 6.50. The third-order valence-electron chi connectivity index (χ3n) is 24.8. The zero-order chi connectivity index (χ0) is 51.8. The van der Waals surface area contributed by atoms with E-state index < -0.39 is 0 Å². The van der Waals surface area contributed by atoms with Crippen molar-refractivity contribution >= 4 is 23.6 Å². The molecular weight excluding hydrogens is 945 g/mol. The van der Waals surface area contributed by atoms with Gasteiger partial charge in [0, 0.05) is 23.3 Å². The molecule has 2 heterocycles. The maximum atomic E-state index is 11.8. The number of unbranched alkanes of at least 4 members (excludes halogenated alkanes) is 1. The predicted molar refractivity (Wildman–Crippen MR) is 325 cm³/mol. The van der Waals surface area contributed by atoms with Gasteiger partial charge in [0.2, 0.25) is 0 Å². The van der Waals surface area contributed by atoms with Crippen molar-refractivity contribution < 1.29 is 9.59 Å². The number of hydrogen-bond donors (Lipinski definition) is 2. The first-order valence-electron chi connectivity index (χ1n) is 34.1. The fourth-order valence-electron chi connectivity index (χ4n) is 22.3. The number of urea groups is 1. The number of rotatable bonds is 6. The first-order valence-corrected chi connectivity index (χ1v) is 35.1. The van der Waals surface area contributed by atoms with Gasteiger partial charge in [-0.2, -0.15) is 11.8 Å². The van der Waals surface area contributed by atoms with Crippen LogP contribution in [0.15, 0.2) is 0 Å². The van der Waals surface area contributed by atoms with Gasteiger partial charge in [0.05, 0.1) is 12.1 Å². The number of Topliss-reactive ketones (excluding diaryl/α,β-unsaturated/α-hetero) is 1. The Morgan fingerprint density at radius 2 is 0.724 bits per heavy atom. The molecule has 2 amide bonds. The number of thioether (sulfide) groups is 1. The van der Waals surface area contributed by atoms with Crippen molar-refractivity contribution in [2.24, 2.45) is 49.2 Å². The van der Waals surface area contributed by atoms with Crippen LogP contribution in [0.25, 0.3) is 0 Å². The smallest absolute Gasteiger partial charge is 0.315 e. The molecule has 12 aliphatic rings. The number of ketones is 1. The Kier molecular flexibility index (Phi) is 20.7. The lowest BCUT2D eigenvalue weighted by atomic mass is 9.23. The molecule has 12 rings (SSSR count). The normalized spacial score (nSPS) is 33.0. The maximum Gasteiger partial charge on any atom is 0.315 e. The quantitative estimate of drug-likeness (QED) is 0.158. The van der Waals surface area contributed by atoms with E-state index in [0.717, 1.165) is 87.6 Å². The van der Waals surface area contributed by atoms with Gasteiger partial charge in [-0.3, -0.25) is 4.79 Å². The third-order valence-corrected chi connectivity index (χ3v) is 26.3. The summed E-state index contributed by atoms with van der Waals surface area (Å²) >= 11 is 1.96. The molecule has 2 N–H and O–H groups in total. The van der Waals surface area contributed by atoms with Crippen molar-refractivity contribution in [3.63, 3.8) is 0 Å². The lowest BCUT2D eigenvalue weighted by Crippen LogP contribution is -2.71. The Morgan fingerprint density at radius 1 is 0.408 bits per heavy atom. The summed E-state index contributed by atoms with van der Waals surface area (Å²) in [6.45, 7) is 0. The molecule has 0 aromatic carbocycles. The van der Waals surface area contributed by atoms with Gasteiger partial charge in [0.15, 0.2) is 0 Å². The summed E-state index contributed by atoms with van der Waals surface area (Å²) in [6, 6.07) is 0.611. The molecule has 2 unspecified atom stereocenters. The molecule has 10 saturated carbocycles. The van der Waals surface area contributed by atoms with E-state index in [1.54, 1.807) is 167 Å². The Hall–Kier alpha value is -1.15. The van der Waals surface area contributed by atoms with Crippen molar-refractivity contribution in [2.75, 3.05) is 5.75 Å². The second-order valence-electron chi connectivity index (χ2n) is 31.3.